The molecule has 0 radical (unpaired) electrons. The highest BCUT2D eigenvalue weighted by Gasteiger charge is 2.40. The molecular formula is C40H39NO3. The number of benzene rings is 5. The molecule has 222 valence electrons. The standard InChI is InChI=1S/C40H39NO3/c1-3-4-25-42-34-19-15-30(16-20-34)27-40(2)37-26-36(44-29-32-13-9-6-10-14-32)23-24-38(37)41-39(40)33-17-21-35(22-18-33)43-28-31-11-7-5-8-12-31/h5-24,26H,3-4,25,27-29H2,1-2H3. The highest BCUT2D eigenvalue weighted by Crippen LogP contribution is 2.46. The maximum absolute atomic E-state index is 6.26. The normalized spacial score (nSPS) is 15.4. The first-order valence-electron chi connectivity index (χ1n) is 15.5. The second-order valence-corrected chi connectivity index (χ2v) is 11.6. The average molecular weight is 582 g/mol. The molecule has 1 aliphatic rings. The van der Waals surface area contributed by atoms with Gasteiger partial charge >= 0.3 is 0 Å². The van der Waals surface area contributed by atoms with Gasteiger partial charge in [0.15, 0.2) is 0 Å². The van der Waals surface area contributed by atoms with E-state index >= 15 is 0 Å². The van der Waals surface area contributed by atoms with Gasteiger partial charge in [0.25, 0.3) is 0 Å². The van der Waals surface area contributed by atoms with Crippen molar-refractivity contribution in [1.82, 2.24) is 0 Å². The molecule has 1 atom stereocenters. The van der Waals surface area contributed by atoms with Crippen LogP contribution in [0, 0.1) is 0 Å². The van der Waals surface area contributed by atoms with E-state index in [0.29, 0.717) is 13.2 Å². The first-order chi connectivity index (χ1) is 21.6. The van der Waals surface area contributed by atoms with Gasteiger partial charge in [-0.05, 0) is 102 Å². The summed E-state index contributed by atoms with van der Waals surface area (Å²) in [6.07, 6.45) is 2.97. The Bertz CT molecular complexity index is 1680. The van der Waals surface area contributed by atoms with E-state index < -0.39 is 0 Å². The lowest BCUT2D eigenvalue weighted by molar-refractivity contribution is 0.305. The van der Waals surface area contributed by atoms with Crippen LogP contribution in [0.3, 0.4) is 0 Å². The summed E-state index contributed by atoms with van der Waals surface area (Å²) in [5.41, 5.74) is 7.44. The Morgan fingerprint density at radius 1 is 0.591 bits per heavy atom. The summed E-state index contributed by atoms with van der Waals surface area (Å²) in [7, 11) is 0. The van der Waals surface area contributed by atoms with Crippen LogP contribution in [0.5, 0.6) is 17.2 Å². The fourth-order valence-electron chi connectivity index (χ4n) is 5.71. The summed E-state index contributed by atoms with van der Waals surface area (Å²) in [5.74, 6) is 2.60. The fraction of sp³-hybridized carbons (Fsp3) is 0.225. The lowest BCUT2D eigenvalue weighted by Crippen LogP contribution is -2.33. The molecule has 0 spiro atoms. The van der Waals surface area contributed by atoms with Gasteiger partial charge in [-0.3, -0.25) is 4.99 Å². The van der Waals surface area contributed by atoms with Crippen LogP contribution in [0.1, 0.15) is 54.5 Å². The fourth-order valence-corrected chi connectivity index (χ4v) is 5.71. The number of unbranched alkanes of at least 4 members (excludes halogenated alkanes) is 1. The average Bonchev–Trinajstić information content (AvgIpc) is 3.36. The van der Waals surface area contributed by atoms with Gasteiger partial charge in [-0.15, -0.1) is 0 Å². The van der Waals surface area contributed by atoms with Crippen LogP contribution in [0.15, 0.2) is 132 Å². The van der Waals surface area contributed by atoms with Crippen molar-refractivity contribution in [3.8, 4) is 17.2 Å². The van der Waals surface area contributed by atoms with Crippen molar-refractivity contribution in [3.63, 3.8) is 0 Å². The van der Waals surface area contributed by atoms with E-state index in [1.165, 1.54) is 11.1 Å². The zero-order valence-electron chi connectivity index (χ0n) is 25.5. The van der Waals surface area contributed by atoms with E-state index in [1.54, 1.807) is 0 Å². The van der Waals surface area contributed by atoms with Gasteiger partial charge in [0.05, 0.1) is 18.0 Å². The molecular weight excluding hydrogens is 542 g/mol. The quantitative estimate of drug-likeness (QED) is 0.130. The second-order valence-electron chi connectivity index (χ2n) is 11.6. The Labute approximate surface area is 261 Å². The zero-order chi connectivity index (χ0) is 30.2. The van der Waals surface area contributed by atoms with E-state index in [4.69, 9.17) is 19.2 Å². The molecule has 0 bridgehead atoms. The molecule has 0 amide bonds. The van der Waals surface area contributed by atoms with Crippen LogP contribution >= 0.6 is 0 Å². The lowest BCUT2D eigenvalue weighted by Gasteiger charge is -2.29. The highest BCUT2D eigenvalue weighted by atomic mass is 16.5. The summed E-state index contributed by atoms with van der Waals surface area (Å²) in [6.45, 7) is 6.27. The third-order valence-electron chi connectivity index (χ3n) is 8.19. The summed E-state index contributed by atoms with van der Waals surface area (Å²) < 4.78 is 18.3. The lowest BCUT2D eigenvalue weighted by atomic mass is 9.73. The van der Waals surface area contributed by atoms with E-state index in [1.807, 2.05) is 54.6 Å². The van der Waals surface area contributed by atoms with E-state index in [0.717, 1.165) is 71.2 Å². The van der Waals surface area contributed by atoms with Crippen LogP contribution in [-0.4, -0.2) is 12.3 Å². The Morgan fingerprint density at radius 3 is 1.80 bits per heavy atom. The monoisotopic (exact) mass is 581 g/mol. The van der Waals surface area contributed by atoms with Crippen LogP contribution in [-0.2, 0) is 25.0 Å². The minimum Gasteiger partial charge on any atom is -0.494 e. The topological polar surface area (TPSA) is 40.0 Å². The van der Waals surface area contributed by atoms with Crippen LogP contribution in [0.25, 0.3) is 0 Å². The molecule has 6 rings (SSSR count). The smallest absolute Gasteiger partial charge is 0.120 e. The molecule has 0 aromatic heterocycles. The number of ether oxygens (including phenoxy) is 3. The van der Waals surface area contributed by atoms with Crippen molar-refractivity contribution in [2.75, 3.05) is 6.61 Å². The first kappa shape index (κ1) is 29.3. The Kier molecular flexibility index (Phi) is 9.07. The summed E-state index contributed by atoms with van der Waals surface area (Å²) in [6, 6.07) is 43.6. The van der Waals surface area contributed by atoms with Crippen LogP contribution < -0.4 is 14.2 Å². The van der Waals surface area contributed by atoms with Crippen molar-refractivity contribution in [2.24, 2.45) is 4.99 Å². The number of rotatable bonds is 13. The molecule has 4 nitrogen and oxygen atoms in total. The first-order valence-corrected chi connectivity index (χ1v) is 15.5. The Balaban J connectivity index is 1.26. The van der Waals surface area contributed by atoms with Gasteiger partial charge in [0.2, 0.25) is 0 Å². The SMILES string of the molecule is CCCCOc1ccc(CC2(C)C(c3ccc(OCc4ccccc4)cc3)=Nc3ccc(OCc4ccccc4)cc32)cc1. The molecule has 0 saturated carbocycles. The maximum atomic E-state index is 6.26. The van der Waals surface area contributed by atoms with Gasteiger partial charge in [-0.1, -0.05) is 86.1 Å². The molecule has 1 aliphatic heterocycles. The molecule has 0 fully saturated rings. The molecule has 0 aliphatic carbocycles. The van der Waals surface area contributed by atoms with Crippen molar-refractivity contribution in [3.05, 3.63) is 155 Å². The van der Waals surface area contributed by atoms with Crippen molar-refractivity contribution < 1.29 is 14.2 Å². The Morgan fingerprint density at radius 2 is 1.16 bits per heavy atom. The molecule has 4 heteroatoms. The van der Waals surface area contributed by atoms with Gasteiger partial charge in [0.1, 0.15) is 30.5 Å². The van der Waals surface area contributed by atoms with E-state index in [-0.39, 0.29) is 5.41 Å². The minimum absolute atomic E-state index is 0.363. The summed E-state index contributed by atoms with van der Waals surface area (Å²) in [5, 5.41) is 0. The molecule has 5 aromatic rings. The van der Waals surface area contributed by atoms with E-state index in [2.05, 4.69) is 86.6 Å². The van der Waals surface area contributed by atoms with Gasteiger partial charge in [0, 0.05) is 5.41 Å². The molecule has 1 unspecified atom stereocenters. The molecule has 5 aromatic carbocycles. The number of fused-ring (bicyclic) bond motifs is 1. The summed E-state index contributed by atoms with van der Waals surface area (Å²) >= 11 is 0. The maximum Gasteiger partial charge on any atom is 0.120 e. The van der Waals surface area contributed by atoms with Gasteiger partial charge in [-0.2, -0.15) is 0 Å². The van der Waals surface area contributed by atoms with Gasteiger partial charge in [-0.25, -0.2) is 0 Å². The van der Waals surface area contributed by atoms with Crippen LogP contribution in [0.2, 0.25) is 0 Å². The number of hydrogen-bond acceptors (Lipinski definition) is 4. The Hall–Kier alpha value is -4.83. The number of hydrogen-bond donors (Lipinski definition) is 0. The van der Waals surface area contributed by atoms with Crippen molar-refractivity contribution in [2.45, 2.75) is 51.7 Å². The minimum atomic E-state index is -0.363. The molecule has 1 heterocycles. The molecule has 44 heavy (non-hydrogen) atoms. The van der Waals surface area contributed by atoms with Crippen molar-refractivity contribution in [1.29, 1.82) is 0 Å². The second kappa shape index (κ2) is 13.6. The van der Waals surface area contributed by atoms with Gasteiger partial charge < -0.3 is 14.2 Å². The predicted octanol–water partition coefficient (Wildman–Crippen LogP) is 9.66. The van der Waals surface area contributed by atoms with E-state index in [9.17, 15) is 0 Å². The van der Waals surface area contributed by atoms with Crippen molar-refractivity contribution >= 4 is 11.4 Å². The zero-order valence-corrected chi connectivity index (χ0v) is 25.5. The number of nitrogens with zero attached hydrogens (tertiary/aromatic N) is 1. The molecule has 0 N–H and O–H groups in total. The molecule has 0 saturated heterocycles. The largest absolute Gasteiger partial charge is 0.494 e. The highest BCUT2D eigenvalue weighted by molar-refractivity contribution is 6.12. The summed E-state index contributed by atoms with van der Waals surface area (Å²) in [4.78, 5) is 5.22. The third kappa shape index (κ3) is 6.86. The predicted molar refractivity (Wildman–Crippen MR) is 179 cm³/mol. The third-order valence-corrected chi connectivity index (χ3v) is 8.19. The van der Waals surface area contributed by atoms with Crippen LogP contribution in [0.4, 0.5) is 5.69 Å². The number of aliphatic imine (C=N–C) groups is 1.